The number of fused-ring (bicyclic) bond motifs is 3. The number of tetrazole rings is 1. The molecule has 0 amide bonds. The van der Waals surface area contributed by atoms with E-state index in [2.05, 4.69) is 74.5 Å². The van der Waals surface area contributed by atoms with Crippen molar-refractivity contribution in [1.82, 2.24) is 25.9 Å². The van der Waals surface area contributed by atoms with E-state index in [1.165, 1.54) is 5.56 Å². The molecule has 0 spiro atoms. The predicted molar refractivity (Wildman–Crippen MR) is 94.8 cm³/mol. The van der Waals surface area contributed by atoms with E-state index in [-0.39, 0.29) is 11.5 Å². The first-order chi connectivity index (χ1) is 12.4. The monoisotopic (exact) mass is 330 g/mol. The molecule has 5 rings (SSSR count). The van der Waals surface area contributed by atoms with E-state index in [0.29, 0.717) is 5.82 Å². The summed E-state index contributed by atoms with van der Waals surface area (Å²) in [7, 11) is 0. The molecule has 0 saturated carbocycles. The van der Waals surface area contributed by atoms with Gasteiger partial charge < -0.3 is 5.32 Å². The molecular weight excluding hydrogens is 312 g/mol. The van der Waals surface area contributed by atoms with Gasteiger partial charge in [0, 0.05) is 17.7 Å². The molecule has 2 unspecified atom stereocenters. The molecule has 2 aliphatic rings. The van der Waals surface area contributed by atoms with Crippen molar-refractivity contribution in [3.63, 3.8) is 0 Å². The van der Waals surface area contributed by atoms with Crippen molar-refractivity contribution < 1.29 is 0 Å². The zero-order chi connectivity index (χ0) is 16.7. The summed E-state index contributed by atoms with van der Waals surface area (Å²) in [6.07, 6.45) is 0.944. The lowest BCUT2D eigenvalue weighted by molar-refractivity contribution is 0.299. The second kappa shape index (κ2) is 5.60. The Bertz CT molecular complexity index is 918. The molecule has 2 atom stereocenters. The van der Waals surface area contributed by atoms with Crippen molar-refractivity contribution in [2.75, 3.05) is 13.1 Å². The van der Waals surface area contributed by atoms with Gasteiger partial charge >= 0.3 is 0 Å². The predicted octanol–water partition coefficient (Wildman–Crippen LogP) is 1.70. The van der Waals surface area contributed by atoms with Gasteiger partial charge in [-0.25, -0.2) is 0 Å². The second-order valence-corrected chi connectivity index (χ2v) is 6.58. The van der Waals surface area contributed by atoms with Crippen LogP contribution in [0.25, 0.3) is 0 Å². The highest BCUT2D eigenvalue weighted by atomic mass is 15.5. The van der Waals surface area contributed by atoms with Gasteiger partial charge in [0.1, 0.15) is 0 Å². The van der Waals surface area contributed by atoms with E-state index in [1.807, 2.05) is 6.07 Å². The van der Waals surface area contributed by atoms with Crippen molar-refractivity contribution in [3.8, 4) is 0 Å². The van der Waals surface area contributed by atoms with Crippen LogP contribution in [0, 0.1) is 0 Å². The molecule has 25 heavy (non-hydrogen) atoms. The van der Waals surface area contributed by atoms with Gasteiger partial charge in [-0.15, -0.1) is 10.2 Å². The third kappa shape index (κ3) is 2.07. The van der Waals surface area contributed by atoms with E-state index in [9.17, 15) is 0 Å². The Morgan fingerprint density at radius 2 is 1.84 bits per heavy atom. The zero-order valence-corrected chi connectivity index (χ0v) is 13.7. The summed E-state index contributed by atoms with van der Waals surface area (Å²) in [6.45, 7) is 1.71. The highest BCUT2D eigenvalue weighted by Gasteiger charge is 2.51. The third-order valence-corrected chi connectivity index (χ3v) is 5.31. The van der Waals surface area contributed by atoms with Crippen LogP contribution in [-0.4, -0.2) is 45.5 Å². The number of aromatic nitrogens is 4. The standard InChI is InChI=1S/C19H18N6/c1-2-6-13(7-3-1)17-14-8-4-5-9-15(14)19(18-22-24-25-23-18)12-20-11-10-16(19)21-17/h1-9,16,20H,10-12H2,(H,22,23,24,25). The summed E-state index contributed by atoms with van der Waals surface area (Å²) in [5, 5.41) is 18.7. The molecule has 1 saturated heterocycles. The number of piperidine rings is 1. The molecule has 6 heteroatoms. The summed E-state index contributed by atoms with van der Waals surface area (Å²) >= 11 is 0. The highest BCUT2D eigenvalue weighted by molar-refractivity contribution is 6.14. The molecule has 1 fully saturated rings. The average molecular weight is 330 g/mol. The fraction of sp³-hybridized carbons (Fsp3) is 0.263. The Labute approximate surface area is 145 Å². The number of H-pyrrole nitrogens is 1. The van der Waals surface area contributed by atoms with Crippen LogP contribution in [0.15, 0.2) is 59.6 Å². The Balaban J connectivity index is 1.78. The Kier molecular flexibility index (Phi) is 3.24. The molecule has 2 aliphatic heterocycles. The van der Waals surface area contributed by atoms with Gasteiger partial charge in [-0.2, -0.15) is 5.21 Å². The van der Waals surface area contributed by atoms with Crippen molar-refractivity contribution in [1.29, 1.82) is 0 Å². The minimum Gasteiger partial charge on any atom is -0.315 e. The zero-order valence-electron chi connectivity index (χ0n) is 13.7. The molecule has 3 aromatic rings. The molecule has 6 nitrogen and oxygen atoms in total. The maximum absolute atomic E-state index is 5.20. The Hall–Kier alpha value is -2.86. The van der Waals surface area contributed by atoms with Gasteiger partial charge in [-0.05, 0) is 18.5 Å². The van der Waals surface area contributed by atoms with Crippen molar-refractivity contribution in [2.24, 2.45) is 4.99 Å². The summed E-state index contributed by atoms with van der Waals surface area (Å²) in [6, 6.07) is 19.0. The Morgan fingerprint density at radius 1 is 1.00 bits per heavy atom. The lowest BCUT2D eigenvalue weighted by Gasteiger charge is -2.44. The number of hydrogen-bond donors (Lipinski definition) is 2. The molecule has 1 aromatic heterocycles. The van der Waals surface area contributed by atoms with Crippen LogP contribution in [0.3, 0.4) is 0 Å². The fourth-order valence-corrected chi connectivity index (χ4v) is 4.17. The van der Waals surface area contributed by atoms with Gasteiger partial charge in [0.25, 0.3) is 0 Å². The first kappa shape index (κ1) is 14.5. The molecule has 3 heterocycles. The smallest absolute Gasteiger partial charge is 0.188 e. The van der Waals surface area contributed by atoms with Crippen LogP contribution in [0.1, 0.15) is 28.9 Å². The SMILES string of the molecule is c1ccc(C2=NC3CCNCC3(c3nn[nH]n3)c3ccccc32)cc1. The summed E-state index contributed by atoms with van der Waals surface area (Å²) < 4.78 is 0. The molecule has 2 aromatic carbocycles. The van der Waals surface area contributed by atoms with Crippen LogP contribution < -0.4 is 5.32 Å². The van der Waals surface area contributed by atoms with Crippen LogP contribution in [0.2, 0.25) is 0 Å². The maximum atomic E-state index is 5.20. The van der Waals surface area contributed by atoms with Gasteiger partial charge in [0.15, 0.2) is 5.82 Å². The first-order valence-electron chi connectivity index (χ1n) is 8.57. The quantitative estimate of drug-likeness (QED) is 0.749. The Morgan fingerprint density at radius 3 is 2.68 bits per heavy atom. The fourth-order valence-electron chi connectivity index (χ4n) is 4.17. The molecule has 2 N–H and O–H groups in total. The average Bonchev–Trinajstić information content (AvgIpc) is 3.23. The van der Waals surface area contributed by atoms with Gasteiger partial charge in [-0.1, -0.05) is 59.8 Å². The molecule has 0 radical (unpaired) electrons. The lowest BCUT2D eigenvalue weighted by atomic mass is 9.66. The number of nitrogens with one attached hydrogen (secondary N) is 2. The van der Waals surface area contributed by atoms with Crippen LogP contribution in [0.5, 0.6) is 0 Å². The number of nitrogens with zero attached hydrogens (tertiary/aromatic N) is 4. The molecule has 0 aliphatic carbocycles. The van der Waals surface area contributed by atoms with Crippen LogP contribution >= 0.6 is 0 Å². The molecule has 0 bridgehead atoms. The summed E-state index contributed by atoms with van der Waals surface area (Å²) in [5.41, 5.74) is 4.21. The van der Waals surface area contributed by atoms with Gasteiger partial charge in [0.2, 0.25) is 0 Å². The van der Waals surface area contributed by atoms with E-state index in [4.69, 9.17) is 4.99 Å². The number of rotatable bonds is 2. The number of benzene rings is 2. The molecule has 124 valence electrons. The van der Waals surface area contributed by atoms with Gasteiger partial charge in [0.05, 0.1) is 17.2 Å². The third-order valence-electron chi connectivity index (χ3n) is 5.31. The topological polar surface area (TPSA) is 78.9 Å². The van der Waals surface area contributed by atoms with E-state index in [0.717, 1.165) is 36.3 Å². The van der Waals surface area contributed by atoms with Crippen molar-refractivity contribution in [3.05, 3.63) is 77.1 Å². The van der Waals surface area contributed by atoms with Crippen molar-refractivity contribution >= 4 is 5.71 Å². The van der Waals surface area contributed by atoms with E-state index >= 15 is 0 Å². The number of aromatic amines is 1. The maximum Gasteiger partial charge on any atom is 0.188 e. The number of aliphatic imine (C=N–C) groups is 1. The minimum absolute atomic E-state index is 0.0939. The van der Waals surface area contributed by atoms with Gasteiger partial charge in [-0.3, -0.25) is 4.99 Å². The van der Waals surface area contributed by atoms with Crippen LogP contribution in [0.4, 0.5) is 0 Å². The number of hydrogen-bond acceptors (Lipinski definition) is 5. The highest BCUT2D eigenvalue weighted by Crippen LogP contribution is 2.43. The van der Waals surface area contributed by atoms with Crippen LogP contribution in [-0.2, 0) is 5.41 Å². The lowest BCUT2D eigenvalue weighted by Crippen LogP contribution is -2.56. The molecular formula is C19H18N6. The second-order valence-electron chi connectivity index (χ2n) is 6.58. The van der Waals surface area contributed by atoms with Crippen molar-refractivity contribution in [2.45, 2.75) is 17.9 Å². The summed E-state index contributed by atoms with van der Waals surface area (Å²) in [5.74, 6) is 0.716. The summed E-state index contributed by atoms with van der Waals surface area (Å²) in [4.78, 5) is 5.20. The first-order valence-corrected chi connectivity index (χ1v) is 8.57. The largest absolute Gasteiger partial charge is 0.315 e. The van der Waals surface area contributed by atoms with E-state index in [1.54, 1.807) is 0 Å². The minimum atomic E-state index is -0.375. The van der Waals surface area contributed by atoms with E-state index < -0.39 is 0 Å². The normalized spacial score (nSPS) is 25.0.